The SMILES string of the molecule is CCn1nc(C)c(Br)c1CN1CCCC(C(=O)NC)C1. The molecule has 1 fully saturated rings. The molecular formula is C14H23BrN4O. The number of likely N-dealkylation sites (tertiary alicyclic amines) is 1. The number of nitrogens with zero attached hydrogens (tertiary/aromatic N) is 3. The van der Waals surface area contributed by atoms with E-state index in [0.29, 0.717) is 0 Å². The van der Waals surface area contributed by atoms with Crippen LogP contribution in [0.3, 0.4) is 0 Å². The summed E-state index contributed by atoms with van der Waals surface area (Å²) in [4.78, 5) is 14.2. The standard InChI is InChI=1S/C14H23BrN4O/c1-4-19-12(13(15)10(2)17-19)9-18-7-5-6-11(8-18)14(20)16-3/h11H,4-9H2,1-3H3,(H,16,20). The Hall–Kier alpha value is -0.880. The van der Waals surface area contributed by atoms with Crippen molar-refractivity contribution < 1.29 is 4.79 Å². The van der Waals surface area contributed by atoms with Crippen molar-refractivity contribution in [3.63, 3.8) is 0 Å². The average Bonchev–Trinajstić information content (AvgIpc) is 2.74. The number of aryl methyl sites for hydroxylation is 2. The lowest BCUT2D eigenvalue weighted by Gasteiger charge is -2.31. The van der Waals surface area contributed by atoms with Gasteiger partial charge in [0.15, 0.2) is 0 Å². The molecule has 0 aliphatic carbocycles. The van der Waals surface area contributed by atoms with E-state index in [1.165, 1.54) is 5.69 Å². The van der Waals surface area contributed by atoms with Gasteiger partial charge in [-0.2, -0.15) is 5.10 Å². The summed E-state index contributed by atoms with van der Waals surface area (Å²) in [5.74, 6) is 0.278. The summed E-state index contributed by atoms with van der Waals surface area (Å²) in [5, 5.41) is 7.29. The van der Waals surface area contributed by atoms with Gasteiger partial charge in [0.25, 0.3) is 0 Å². The Morgan fingerprint density at radius 2 is 2.30 bits per heavy atom. The van der Waals surface area contributed by atoms with E-state index in [1.54, 1.807) is 7.05 Å². The molecule has 5 nitrogen and oxygen atoms in total. The number of carbonyl (C=O) groups excluding carboxylic acids is 1. The van der Waals surface area contributed by atoms with Crippen molar-refractivity contribution in [2.24, 2.45) is 5.92 Å². The van der Waals surface area contributed by atoms with Gasteiger partial charge in [-0.3, -0.25) is 14.4 Å². The van der Waals surface area contributed by atoms with Crippen LogP contribution in [-0.2, 0) is 17.9 Å². The summed E-state index contributed by atoms with van der Waals surface area (Å²) in [7, 11) is 1.72. The third kappa shape index (κ3) is 3.23. The van der Waals surface area contributed by atoms with Crippen molar-refractivity contribution >= 4 is 21.8 Å². The molecule has 1 unspecified atom stereocenters. The zero-order valence-electron chi connectivity index (χ0n) is 12.4. The van der Waals surface area contributed by atoms with E-state index < -0.39 is 0 Å². The summed E-state index contributed by atoms with van der Waals surface area (Å²) in [6.07, 6.45) is 2.07. The molecule has 0 aromatic carbocycles. The maximum absolute atomic E-state index is 11.8. The Morgan fingerprint density at radius 1 is 1.55 bits per heavy atom. The lowest BCUT2D eigenvalue weighted by Crippen LogP contribution is -2.42. The van der Waals surface area contributed by atoms with Gasteiger partial charge < -0.3 is 5.32 Å². The Labute approximate surface area is 128 Å². The summed E-state index contributed by atoms with van der Waals surface area (Å²) < 4.78 is 3.14. The van der Waals surface area contributed by atoms with Gasteiger partial charge in [0.2, 0.25) is 5.91 Å². The monoisotopic (exact) mass is 342 g/mol. The van der Waals surface area contributed by atoms with Crippen molar-refractivity contribution in [3.05, 3.63) is 15.9 Å². The first-order valence-corrected chi connectivity index (χ1v) is 8.01. The molecule has 6 heteroatoms. The number of halogens is 1. The third-order valence-corrected chi connectivity index (χ3v) is 4.98. The zero-order valence-corrected chi connectivity index (χ0v) is 14.0. The first-order chi connectivity index (χ1) is 9.56. The fraction of sp³-hybridized carbons (Fsp3) is 0.714. The predicted molar refractivity (Wildman–Crippen MR) is 82.4 cm³/mol. The number of aromatic nitrogens is 2. The summed E-state index contributed by atoms with van der Waals surface area (Å²) in [6, 6.07) is 0. The van der Waals surface area contributed by atoms with E-state index in [1.807, 2.05) is 11.6 Å². The van der Waals surface area contributed by atoms with Gasteiger partial charge in [0, 0.05) is 26.7 Å². The van der Waals surface area contributed by atoms with E-state index in [0.717, 1.165) is 49.2 Å². The summed E-state index contributed by atoms with van der Waals surface area (Å²) >= 11 is 3.64. The normalized spacial score (nSPS) is 20.1. The molecule has 0 spiro atoms. The smallest absolute Gasteiger partial charge is 0.224 e. The van der Waals surface area contributed by atoms with Crippen molar-refractivity contribution in [2.45, 2.75) is 39.8 Å². The Balaban J connectivity index is 2.08. The van der Waals surface area contributed by atoms with Crippen LogP contribution in [0.25, 0.3) is 0 Å². The molecule has 1 aromatic rings. The predicted octanol–water partition coefficient (Wildman–Crippen LogP) is 1.93. The van der Waals surface area contributed by atoms with Crippen molar-refractivity contribution in [1.82, 2.24) is 20.0 Å². The van der Waals surface area contributed by atoms with Crippen LogP contribution in [0.2, 0.25) is 0 Å². The van der Waals surface area contributed by atoms with Crippen LogP contribution in [-0.4, -0.2) is 40.7 Å². The lowest BCUT2D eigenvalue weighted by atomic mass is 9.97. The fourth-order valence-corrected chi connectivity index (χ4v) is 3.26. The second kappa shape index (κ2) is 6.72. The molecule has 0 radical (unpaired) electrons. The van der Waals surface area contributed by atoms with Crippen molar-refractivity contribution in [3.8, 4) is 0 Å². The Kier molecular flexibility index (Phi) is 5.21. The van der Waals surface area contributed by atoms with E-state index in [-0.39, 0.29) is 11.8 Å². The van der Waals surface area contributed by atoms with Crippen LogP contribution < -0.4 is 5.32 Å². The van der Waals surface area contributed by atoms with E-state index >= 15 is 0 Å². The molecular weight excluding hydrogens is 320 g/mol. The molecule has 1 aliphatic heterocycles. The van der Waals surface area contributed by atoms with Crippen molar-refractivity contribution in [2.75, 3.05) is 20.1 Å². The minimum atomic E-state index is 0.117. The van der Waals surface area contributed by atoms with Gasteiger partial charge in [0.1, 0.15) is 0 Å². The van der Waals surface area contributed by atoms with E-state index in [9.17, 15) is 4.79 Å². The number of amides is 1. The molecule has 1 saturated heterocycles. The number of nitrogens with one attached hydrogen (secondary N) is 1. The molecule has 1 aliphatic rings. The highest BCUT2D eigenvalue weighted by Gasteiger charge is 2.26. The molecule has 112 valence electrons. The number of piperidine rings is 1. The molecule has 0 bridgehead atoms. The maximum atomic E-state index is 11.8. The Morgan fingerprint density at radius 3 is 2.95 bits per heavy atom. The molecule has 1 atom stereocenters. The highest BCUT2D eigenvalue weighted by atomic mass is 79.9. The largest absolute Gasteiger partial charge is 0.359 e. The number of hydrogen-bond acceptors (Lipinski definition) is 3. The van der Waals surface area contributed by atoms with Crippen LogP contribution in [0.4, 0.5) is 0 Å². The first-order valence-electron chi connectivity index (χ1n) is 7.22. The number of carbonyl (C=O) groups is 1. The van der Waals surface area contributed by atoms with Gasteiger partial charge in [0.05, 0.1) is 21.8 Å². The van der Waals surface area contributed by atoms with Crippen LogP contribution in [0.5, 0.6) is 0 Å². The molecule has 1 amide bonds. The highest BCUT2D eigenvalue weighted by Crippen LogP contribution is 2.25. The number of hydrogen-bond donors (Lipinski definition) is 1. The second-order valence-electron chi connectivity index (χ2n) is 5.35. The molecule has 1 N–H and O–H groups in total. The molecule has 20 heavy (non-hydrogen) atoms. The van der Waals surface area contributed by atoms with Crippen LogP contribution in [0.15, 0.2) is 4.47 Å². The average molecular weight is 343 g/mol. The molecule has 1 aromatic heterocycles. The second-order valence-corrected chi connectivity index (χ2v) is 6.14. The summed E-state index contributed by atoms with van der Waals surface area (Å²) in [6.45, 7) is 7.72. The first kappa shape index (κ1) is 15.5. The third-order valence-electron chi connectivity index (χ3n) is 3.95. The van der Waals surface area contributed by atoms with Crippen molar-refractivity contribution in [1.29, 1.82) is 0 Å². The van der Waals surface area contributed by atoms with Gasteiger partial charge >= 0.3 is 0 Å². The lowest BCUT2D eigenvalue weighted by molar-refractivity contribution is -0.126. The van der Waals surface area contributed by atoms with E-state index in [4.69, 9.17) is 0 Å². The van der Waals surface area contributed by atoms with Gasteiger partial charge in [-0.15, -0.1) is 0 Å². The van der Waals surface area contributed by atoms with Gasteiger partial charge in [-0.05, 0) is 49.2 Å². The highest BCUT2D eigenvalue weighted by molar-refractivity contribution is 9.10. The Bertz CT molecular complexity index is 486. The van der Waals surface area contributed by atoms with Gasteiger partial charge in [-0.25, -0.2) is 0 Å². The topological polar surface area (TPSA) is 50.2 Å². The van der Waals surface area contributed by atoms with Crippen LogP contribution in [0, 0.1) is 12.8 Å². The molecule has 2 rings (SSSR count). The quantitative estimate of drug-likeness (QED) is 0.909. The molecule has 2 heterocycles. The minimum absolute atomic E-state index is 0.117. The van der Waals surface area contributed by atoms with E-state index in [2.05, 4.69) is 38.2 Å². The zero-order chi connectivity index (χ0) is 14.7. The number of rotatable bonds is 4. The maximum Gasteiger partial charge on any atom is 0.224 e. The minimum Gasteiger partial charge on any atom is -0.359 e. The summed E-state index contributed by atoms with van der Waals surface area (Å²) in [5.41, 5.74) is 2.24. The van der Waals surface area contributed by atoms with Crippen LogP contribution >= 0.6 is 15.9 Å². The fourth-order valence-electron chi connectivity index (χ4n) is 2.85. The van der Waals surface area contributed by atoms with Crippen LogP contribution in [0.1, 0.15) is 31.2 Å². The van der Waals surface area contributed by atoms with Gasteiger partial charge in [-0.1, -0.05) is 0 Å². The molecule has 0 saturated carbocycles.